The first kappa shape index (κ1) is 18.5. The minimum absolute atomic E-state index is 0.239. The number of pyridine rings is 1. The molecule has 0 aliphatic heterocycles. The topological polar surface area (TPSA) is 103 Å². The Hall–Kier alpha value is -3.89. The van der Waals surface area contributed by atoms with E-state index < -0.39 is 5.97 Å². The average Bonchev–Trinajstić information content (AvgIpc) is 3.16. The molecule has 0 bridgehead atoms. The van der Waals surface area contributed by atoms with Gasteiger partial charge in [0, 0.05) is 17.5 Å². The van der Waals surface area contributed by atoms with Crippen LogP contribution in [0, 0.1) is 11.8 Å². The molecule has 0 spiro atoms. The van der Waals surface area contributed by atoms with Gasteiger partial charge in [-0.15, -0.1) is 0 Å². The summed E-state index contributed by atoms with van der Waals surface area (Å²) in [5.74, 6) is 5.35. The molecule has 0 fully saturated rings. The number of anilines is 1. The van der Waals surface area contributed by atoms with Gasteiger partial charge in [0.1, 0.15) is 12.1 Å². The number of hydrogen-bond acceptors (Lipinski definition) is 5. The van der Waals surface area contributed by atoms with Crippen molar-refractivity contribution in [3.63, 3.8) is 0 Å². The van der Waals surface area contributed by atoms with Crippen molar-refractivity contribution < 1.29 is 14.6 Å². The molecule has 7 heteroatoms. The lowest BCUT2D eigenvalue weighted by molar-refractivity contribution is 0.0697. The number of hydrogen-bond donors (Lipinski definition) is 2. The highest BCUT2D eigenvalue weighted by Crippen LogP contribution is 2.26. The Balaban J connectivity index is 1.39. The molecule has 0 amide bonds. The number of para-hydroxylation sites is 1. The lowest BCUT2D eigenvalue weighted by Gasteiger charge is -2.07. The smallest absolute Gasteiger partial charge is 0.335 e. The van der Waals surface area contributed by atoms with Crippen molar-refractivity contribution in [2.45, 2.75) is 6.54 Å². The fourth-order valence-corrected chi connectivity index (χ4v) is 3.10. The Kier molecular flexibility index (Phi) is 5.10. The van der Waals surface area contributed by atoms with E-state index in [4.69, 9.17) is 15.6 Å². The van der Waals surface area contributed by atoms with Crippen LogP contribution < -0.4 is 5.73 Å². The number of imidazole rings is 1. The second kappa shape index (κ2) is 8.00. The third kappa shape index (κ3) is 3.88. The van der Waals surface area contributed by atoms with E-state index in [1.165, 1.54) is 12.1 Å². The van der Waals surface area contributed by atoms with Gasteiger partial charge in [-0.05, 0) is 30.3 Å². The summed E-state index contributed by atoms with van der Waals surface area (Å²) in [6.45, 7) is 1.35. The maximum absolute atomic E-state index is 10.8. The van der Waals surface area contributed by atoms with E-state index in [9.17, 15) is 4.79 Å². The van der Waals surface area contributed by atoms with E-state index in [1.807, 2.05) is 28.8 Å². The Morgan fingerprint density at radius 1 is 1.17 bits per heavy atom. The van der Waals surface area contributed by atoms with E-state index in [0.717, 1.165) is 22.0 Å². The fourth-order valence-electron chi connectivity index (χ4n) is 3.10. The molecule has 0 saturated heterocycles. The molecule has 2 aromatic heterocycles. The molecular weight excluding hydrogens is 368 g/mol. The maximum atomic E-state index is 10.8. The summed E-state index contributed by atoms with van der Waals surface area (Å²) in [4.78, 5) is 19.6. The van der Waals surface area contributed by atoms with Gasteiger partial charge in [0.05, 0.1) is 29.5 Å². The van der Waals surface area contributed by atoms with Crippen LogP contribution in [0.25, 0.3) is 21.9 Å². The zero-order valence-corrected chi connectivity index (χ0v) is 15.5. The van der Waals surface area contributed by atoms with Crippen LogP contribution in [0.15, 0.2) is 54.9 Å². The zero-order valence-electron chi connectivity index (χ0n) is 15.5. The largest absolute Gasteiger partial charge is 0.478 e. The van der Waals surface area contributed by atoms with Crippen molar-refractivity contribution in [3.05, 3.63) is 66.0 Å². The number of rotatable bonds is 5. The molecule has 0 aliphatic carbocycles. The first-order valence-electron chi connectivity index (χ1n) is 9.02. The van der Waals surface area contributed by atoms with E-state index in [2.05, 4.69) is 21.8 Å². The van der Waals surface area contributed by atoms with Crippen molar-refractivity contribution in [1.29, 1.82) is 0 Å². The van der Waals surface area contributed by atoms with E-state index in [1.54, 1.807) is 18.5 Å². The molecule has 3 N–H and O–H groups in total. The molecule has 0 unspecified atom stereocenters. The predicted molar refractivity (Wildman–Crippen MR) is 111 cm³/mol. The normalized spacial score (nSPS) is 10.8. The summed E-state index contributed by atoms with van der Waals surface area (Å²) in [5, 5.41) is 9.89. The first-order valence-corrected chi connectivity index (χ1v) is 9.02. The number of aromatic nitrogens is 3. The molecule has 0 radical (unpaired) electrons. The summed E-state index contributed by atoms with van der Waals surface area (Å²) >= 11 is 0. The van der Waals surface area contributed by atoms with Gasteiger partial charge in [0.15, 0.2) is 5.82 Å². The van der Waals surface area contributed by atoms with Crippen molar-refractivity contribution in [2.24, 2.45) is 0 Å². The zero-order chi connectivity index (χ0) is 20.2. The minimum Gasteiger partial charge on any atom is -0.478 e. The molecule has 2 heterocycles. The van der Waals surface area contributed by atoms with Gasteiger partial charge in [-0.2, -0.15) is 0 Å². The summed E-state index contributed by atoms with van der Waals surface area (Å²) in [6, 6.07) is 14.2. The van der Waals surface area contributed by atoms with Crippen molar-refractivity contribution in [3.8, 4) is 11.8 Å². The molecular formula is C22H18N4O3. The molecule has 144 valence electrons. The molecule has 4 aromatic rings. The number of nitrogens with zero attached hydrogens (tertiary/aromatic N) is 3. The standard InChI is InChI=1S/C22H18N4O3/c23-21-19-20(17-5-1-2-6-18(17)25-21)26(14-24-19)11-13-29-12-3-4-15-7-9-16(10-8-15)22(27)28/h1-2,5-10,14H,11-13H2,(H2,23,25)(H,27,28). The quantitative estimate of drug-likeness (QED) is 0.404. The summed E-state index contributed by atoms with van der Waals surface area (Å²) in [6.07, 6.45) is 1.74. The first-order chi connectivity index (χ1) is 14.1. The van der Waals surface area contributed by atoms with E-state index in [0.29, 0.717) is 24.5 Å². The van der Waals surface area contributed by atoms with Gasteiger partial charge < -0.3 is 20.1 Å². The Labute approximate surface area is 166 Å². The SMILES string of the molecule is Nc1nc2ccccc2c2c1ncn2CCOCC#Cc1ccc(C(=O)O)cc1. The second-order valence-corrected chi connectivity index (χ2v) is 6.39. The summed E-state index contributed by atoms with van der Waals surface area (Å²) < 4.78 is 7.63. The lowest BCUT2D eigenvalue weighted by Crippen LogP contribution is -2.06. The molecule has 2 aromatic carbocycles. The molecule has 4 rings (SSSR count). The van der Waals surface area contributed by atoms with E-state index >= 15 is 0 Å². The minimum atomic E-state index is -0.954. The number of carbonyl (C=O) groups is 1. The average molecular weight is 386 g/mol. The van der Waals surface area contributed by atoms with Crippen LogP contribution in [0.3, 0.4) is 0 Å². The number of ether oxygens (including phenoxy) is 1. The Bertz CT molecular complexity index is 1250. The van der Waals surface area contributed by atoms with Gasteiger partial charge in [-0.3, -0.25) is 0 Å². The molecule has 7 nitrogen and oxygen atoms in total. The van der Waals surface area contributed by atoms with Crippen molar-refractivity contribution >= 4 is 33.7 Å². The highest BCUT2D eigenvalue weighted by atomic mass is 16.5. The van der Waals surface area contributed by atoms with Crippen LogP contribution in [0.1, 0.15) is 15.9 Å². The number of carboxylic acids is 1. The van der Waals surface area contributed by atoms with Crippen molar-refractivity contribution in [1.82, 2.24) is 14.5 Å². The number of nitrogens with two attached hydrogens (primary N) is 1. The second-order valence-electron chi connectivity index (χ2n) is 6.39. The van der Waals surface area contributed by atoms with Crippen LogP contribution in [-0.2, 0) is 11.3 Å². The van der Waals surface area contributed by atoms with Gasteiger partial charge in [0.2, 0.25) is 0 Å². The van der Waals surface area contributed by atoms with Gasteiger partial charge in [-0.25, -0.2) is 14.8 Å². The number of fused-ring (bicyclic) bond motifs is 3. The molecule has 0 atom stereocenters. The molecule has 29 heavy (non-hydrogen) atoms. The monoisotopic (exact) mass is 386 g/mol. The number of nitrogen functional groups attached to an aromatic ring is 1. The van der Waals surface area contributed by atoms with Crippen LogP contribution >= 0.6 is 0 Å². The van der Waals surface area contributed by atoms with Gasteiger partial charge in [0.25, 0.3) is 0 Å². The van der Waals surface area contributed by atoms with Crippen molar-refractivity contribution in [2.75, 3.05) is 18.9 Å². The molecule has 0 saturated carbocycles. The van der Waals surface area contributed by atoms with Gasteiger partial charge in [-0.1, -0.05) is 30.0 Å². The Morgan fingerprint density at radius 3 is 2.76 bits per heavy atom. The Morgan fingerprint density at radius 2 is 1.97 bits per heavy atom. The van der Waals surface area contributed by atoms with Crippen LogP contribution in [0.2, 0.25) is 0 Å². The highest BCUT2D eigenvalue weighted by Gasteiger charge is 2.11. The number of benzene rings is 2. The lowest BCUT2D eigenvalue weighted by atomic mass is 10.1. The van der Waals surface area contributed by atoms with Crippen LogP contribution in [0.4, 0.5) is 5.82 Å². The molecule has 0 aliphatic rings. The summed E-state index contributed by atoms with van der Waals surface area (Å²) in [7, 11) is 0. The summed E-state index contributed by atoms with van der Waals surface area (Å²) in [5.41, 5.74) is 9.49. The van der Waals surface area contributed by atoms with E-state index in [-0.39, 0.29) is 12.2 Å². The highest BCUT2D eigenvalue weighted by molar-refractivity contribution is 6.06. The maximum Gasteiger partial charge on any atom is 0.335 e. The predicted octanol–water partition coefficient (Wildman–Crippen LogP) is 2.93. The van der Waals surface area contributed by atoms with Crippen LogP contribution in [0.5, 0.6) is 0 Å². The number of aromatic carboxylic acids is 1. The van der Waals surface area contributed by atoms with Crippen LogP contribution in [-0.4, -0.2) is 38.8 Å². The third-order valence-corrected chi connectivity index (χ3v) is 4.50. The fraction of sp³-hybridized carbons (Fsp3) is 0.136. The van der Waals surface area contributed by atoms with Gasteiger partial charge >= 0.3 is 5.97 Å². The third-order valence-electron chi connectivity index (χ3n) is 4.50. The number of carboxylic acid groups (broad SMARTS) is 1.